The van der Waals surface area contributed by atoms with Gasteiger partial charge in [-0.1, -0.05) is 0 Å². The monoisotopic (exact) mass is 396 g/mol. The molecule has 1 aromatic carbocycles. The standard InChI is InChI=1S/C17H20F4O4S/c1-26(23,24)10-16(22)14-7-6-13(8-15(14)18)25-9-11-2-4-12(5-3-11)17(19,20)21/h6-8,11-12H,2-5,9-10H2,1H3. The summed E-state index contributed by atoms with van der Waals surface area (Å²) >= 11 is 0. The van der Waals surface area contributed by atoms with Crippen molar-refractivity contribution in [3.8, 4) is 5.75 Å². The molecular formula is C17H20F4O4S. The largest absolute Gasteiger partial charge is 0.493 e. The van der Waals surface area contributed by atoms with Crippen molar-refractivity contribution in [2.24, 2.45) is 11.8 Å². The van der Waals surface area contributed by atoms with Crippen LogP contribution in [0.5, 0.6) is 5.75 Å². The zero-order chi connectivity index (χ0) is 19.5. The number of ketones is 1. The van der Waals surface area contributed by atoms with Gasteiger partial charge in [0.25, 0.3) is 0 Å². The van der Waals surface area contributed by atoms with Crippen LogP contribution in [0.3, 0.4) is 0 Å². The van der Waals surface area contributed by atoms with Crippen LogP contribution >= 0.6 is 0 Å². The molecule has 1 aromatic rings. The highest BCUT2D eigenvalue weighted by atomic mass is 32.2. The number of carbonyl (C=O) groups is 1. The molecule has 4 nitrogen and oxygen atoms in total. The molecule has 26 heavy (non-hydrogen) atoms. The summed E-state index contributed by atoms with van der Waals surface area (Å²) in [5, 5.41) is 0. The van der Waals surface area contributed by atoms with E-state index in [1.54, 1.807) is 0 Å². The van der Waals surface area contributed by atoms with Crippen LogP contribution in [0.15, 0.2) is 18.2 Å². The molecule has 0 N–H and O–H groups in total. The van der Waals surface area contributed by atoms with E-state index in [4.69, 9.17) is 4.74 Å². The second kappa shape index (κ2) is 7.94. The number of alkyl halides is 3. The summed E-state index contributed by atoms with van der Waals surface area (Å²) < 4.78 is 79.6. The fourth-order valence-corrected chi connectivity index (χ4v) is 3.63. The van der Waals surface area contributed by atoms with Gasteiger partial charge in [0.2, 0.25) is 0 Å². The zero-order valence-electron chi connectivity index (χ0n) is 14.2. The van der Waals surface area contributed by atoms with Crippen LogP contribution < -0.4 is 4.74 Å². The Balaban J connectivity index is 1.90. The van der Waals surface area contributed by atoms with Gasteiger partial charge in [-0.2, -0.15) is 13.2 Å². The molecule has 1 saturated carbocycles. The second-order valence-corrected chi connectivity index (χ2v) is 8.85. The zero-order valence-corrected chi connectivity index (χ0v) is 15.0. The number of carbonyl (C=O) groups excluding carboxylic acids is 1. The fraction of sp³-hybridized carbons (Fsp3) is 0.588. The van der Waals surface area contributed by atoms with E-state index in [-0.39, 0.29) is 36.7 Å². The fourth-order valence-electron chi connectivity index (χ4n) is 3.00. The van der Waals surface area contributed by atoms with Gasteiger partial charge in [0.15, 0.2) is 15.6 Å². The summed E-state index contributed by atoms with van der Waals surface area (Å²) in [6.45, 7) is 0.167. The van der Waals surface area contributed by atoms with Crippen LogP contribution in [0.2, 0.25) is 0 Å². The minimum Gasteiger partial charge on any atom is -0.493 e. The Bertz CT molecular complexity index is 751. The Morgan fingerprint density at radius 1 is 1.19 bits per heavy atom. The molecule has 0 bridgehead atoms. The van der Waals surface area contributed by atoms with E-state index in [2.05, 4.69) is 0 Å². The topological polar surface area (TPSA) is 60.4 Å². The summed E-state index contributed by atoms with van der Waals surface area (Å²) in [5.41, 5.74) is -0.339. The molecule has 0 amide bonds. The summed E-state index contributed by atoms with van der Waals surface area (Å²) in [4.78, 5) is 11.8. The van der Waals surface area contributed by atoms with E-state index >= 15 is 0 Å². The molecule has 0 radical (unpaired) electrons. The average molecular weight is 396 g/mol. The molecule has 0 aromatic heterocycles. The first kappa shape index (κ1) is 20.7. The maximum absolute atomic E-state index is 14.0. The molecule has 0 heterocycles. The van der Waals surface area contributed by atoms with Gasteiger partial charge in [-0.25, -0.2) is 12.8 Å². The van der Waals surface area contributed by atoms with Gasteiger partial charge in [-0.05, 0) is 43.7 Å². The van der Waals surface area contributed by atoms with Crippen molar-refractivity contribution < 1.29 is 35.5 Å². The number of rotatable bonds is 6. The third-order valence-corrected chi connectivity index (χ3v) is 5.22. The van der Waals surface area contributed by atoms with E-state index in [1.165, 1.54) is 6.07 Å². The molecule has 1 aliphatic rings. The molecule has 0 aliphatic heterocycles. The van der Waals surface area contributed by atoms with Crippen LogP contribution in [-0.2, 0) is 9.84 Å². The van der Waals surface area contributed by atoms with Gasteiger partial charge in [-0.15, -0.1) is 0 Å². The predicted molar refractivity (Wildman–Crippen MR) is 87.4 cm³/mol. The van der Waals surface area contributed by atoms with Crippen LogP contribution in [0, 0.1) is 17.7 Å². The van der Waals surface area contributed by atoms with Crippen LogP contribution in [0.1, 0.15) is 36.0 Å². The summed E-state index contributed by atoms with van der Waals surface area (Å²) in [6.07, 6.45) is -2.39. The SMILES string of the molecule is CS(=O)(=O)CC(=O)c1ccc(OCC2CCC(C(F)(F)F)CC2)cc1F. The highest BCUT2D eigenvalue weighted by Crippen LogP contribution is 2.39. The lowest BCUT2D eigenvalue weighted by atomic mass is 9.82. The predicted octanol–water partition coefficient (Wildman–Crippen LogP) is 3.80. The lowest BCUT2D eigenvalue weighted by Crippen LogP contribution is -2.29. The van der Waals surface area contributed by atoms with Crippen LogP contribution in [0.25, 0.3) is 0 Å². The molecule has 0 saturated heterocycles. The number of benzene rings is 1. The van der Waals surface area contributed by atoms with Gasteiger partial charge in [0.1, 0.15) is 17.3 Å². The molecule has 146 valence electrons. The molecule has 9 heteroatoms. The molecular weight excluding hydrogens is 376 g/mol. The quantitative estimate of drug-likeness (QED) is 0.542. The van der Waals surface area contributed by atoms with Gasteiger partial charge in [0.05, 0.1) is 18.1 Å². The second-order valence-electron chi connectivity index (χ2n) is 6.71. The Morgan fingerprint density at radius 2 is 1.81 bits per heavy atom. The Kier molecular flexibility index (Phi) is 6.31. The number of ether oxygens (including phenoxy) is 1. The number of hydrogen-bond donors (Lipinski definition) is 0. The normalized spacial score (nSPS) is 21.4. The Labute approximate surface area is 149 Å². The Hall–Kier alpha value is -1.64. The first-order chi connectivity index (χ1) is 12.0. The third-order valence-electron chi connectivity index (χ3n) is 4.43. The Morgan fingerprint density at radius 3 is 2.31 bits per heavy atom. The minimum atomic E-state index is -4.16. The number of sulfone groups is 1. The molecule has 1 aliphatic carbocycles. The number of hydrogen-bond acceptors (Lipinski definition) is 4. The van der Waals surface area contributed by atoms with Crippen molar-refractivity contribution in [2.75, 3.05) is 18.6 Å². The molecule has 0 atom stereocenters. The van der Waals surface area contributed by atoms with E-state index in [9.17, 15) is 30.8 Å². The van der Waals surface area contributed by atoms with Gasteiger partial charge >= 0.3 is 6.18 Å². The number of Topliss-reactive ketones (excluding diaryl/α,β-unsaturated/α-hetero) is 1. The smallest absolute Gasteiger partial charge is 0.391 e. The molecule has 1 fully saturated rings. The lowest BCUT2D eigenvalue weighted by Gasteiger charge is -2.29. The van der Waals surface area contributed by atoms with Crippen LogP contribution in [0.4, 0.5) is 17.6 Å². The summed E-state index contributed by atoms with van der Waals surface area (Å²) in [5.74, 6) is -3.68. The third kappa shape index (κ3) is 5.96. The highest BCUT2D eigenvalue weighted by molar-refractivity contribution is 7.91. The van der Waals surface area contributed by atoms with Crippen molar-refractivity contribution in [3.05, 3.63) is 29.6 Å². The highest BCUT2D eigenvalue weighted by Gasteiger charge is 2.41. The van der Waals surface area contributed by atoms with E-state index < -0.39 is 39.3 Å². The first-order valence-electron chi connectivity index (χ1n) is 8.15. The van der Waals surface area contributed by atoms with Crippen molar-refractivity contribution in [3.63, 3.8) is 0 Å². The molecule has 0 spiro atoms. The first-order valence-corrected chi connectivity index (χ1v) is 10.2. The maximum atomic E-state index is 14.0. The van der Waals surface area contributed by atoms with Gasteiger partial charge < -0.3 is 4.74 Å². The number of halogens is 4. The summed E-state index contributed by atoms with van der Waals surface area (Å²) in [7, 11) is -3.57. The summed E-state index contributed by atoms with van der Waals surface area (Å²) in [6, 6.07) is 3.48. The van der Waals surface area contributed by atoms with E-state index in [0.29, 0.717) is 12.8 Å². The van der Waals surface area contributed by atoms with Crippen molar-refractivity contribution in [1.29, 1.82) is 0 Å². The van der Waals surface area contributed by atoms with Crippen molar-refractivity contribution in [2.45, 2.75) is 31.9 Å². The lowest BCUT2D eigenvalue weighted by molar-refractivity contribution is -0.184. The van der Waals surface area contributed by atoms with E-state index in [1.807, 2.05) is 0 Å². The molecule has 2 rings (SSSR count). The van der Waals surface area contributed by atoms with Gasteiger partial charge in [0, 0.05) is 12.3 Å². The average Bonchev–Trinajstić information content (AvgIpc) is 2.50. The van der Waals surface area contributed by atoms with E-state index in [0.717, 1.165) is 18.4 Å². The maximum Gasteiger partial charge on any atom is 0.391 e. The minimum absolute atomic E-state index is 0.0387. The van der Waals surface area contributed by atoms with Crippen molar-refractivity contribution in [1.82, 2.24) is 0 Å². The molecule has 0 unspecified atom stereocenters. The van der Waals surface area contributed by atoms with Gasteiger partial charge in [-0.3, -0.25) is 4.79 Å². The van der Waals surface area contributed by atoms with Crippen LogP contribution in [-0.4, -0.2) is 39.0 Å². The van der Waals surface area contributed by atoms with Crippen molar-refractivity contribution >= 4 is 15.6 Å².